The van der Waals surface area contributed by atoms with Gasteiger partial charge in [-0.05, 0) is 18.2 Å². The molecule has 0 atom stereocenters. The molecule has 0 unspecified atom stereocenters. The summed E-state index contributed by atoms with van der Waals surface area (Å²) in [5.41, 5.74) is -0.112. The fourth-order valence-electron chi connectivity index (χ4n) is 3.05. The number of amides is 3. The standard InChI is InChI=1S/C20H18ClN7O3S2/c1-27(18(30)16-12-5-3-4-6-13(12)17(29)28(2)25-16)10-15-23-20(33-26-15)24-19(31)22-9-11-7-8-14(21)32-11/h3-8H,9-10H2,1-2H3,(H2,22,23,24,26,31). The number of carbonyl (C=O) groups is 2. The lowest BCUT2D eigenvalue weighted by Gasteiger charge is -2.16. The van der Waals surface area contributed by atoms with Crippen molar-refractivity contribution in [1.29, 1.82) is 0 Å². The van der Waals surface area contributed by atoms with Gasteiger partial charge in [0.2, 0.25) is 5.13 Å². The van der Waals surface area contributed by atoms with Gasteiger partial charge in [0.05, 0.1) is 22.8 Å². The van der Waals surface area contributed by atoms with Crippen LogP contribution in [0.2, 0.25) is 4.34 Å². The van der Waals surface area contributed by atoms with E-state index < -0.39 is 6.03 Å². The van der Waals surface area contributed by atoms with Crippen LogP contribution in [0.5, 0.6) is 0 Å². The van der Waals surface area contributed by atoms with E-state index in [-0.39, 0.29) is 23.7 Å². The molecule has 4 rings (SSSR count). The lowest BCUT2D eigenvalue weighted by atomic mass is 10.1. The van der Waals surface area contributed by atoms with E-state index >= 15 is 0 Å². The third-order valence-corrected chi connectivity index (χ3v) is 6.52. The summed E-state index contributed by atoms with van der Waals surface area (Å²) in [6.45, 7) is 0.442. The summed E-state index contributed by atoms with van der Waals surface area (Å²) in [5, 5.41) is 10.7. The molecule has 0 radical (unpaired) electrons. The molecule has 10 nitrogen and oxygen atoms in total. The van der Waals surface area contributed by atoms with Gasteiger partial charge in [-0.1, -0.05) is 29.8 Å². The van der Waals surface area contributed by atoms with Crippen LogP contribution in [0.3, 0.4) is 0 Å². The van der Waals surface area contributed by atoms with E-state index in [9.17, 15) is 14.4 Å². The van der Waals surface area contributed by atoms with Crippen molar-refractivity contribution in [2.75, 3.05) is 12.4 Å². The number of aromatic nitrogens is 4. The summed E-state index contributed by atoms with van der Waals surface area (Å²) in [5.74, 6) is -0.0104. The highest BCUT2D eigenvalue weighted by Crippen LogP contribution is 2.21. The topological polar surface area (TPSA) is 122 Å². The van der Waals surface area contributed by atoms with Gasteiger partial charge in [0.1, 0.15) is 0 Å². The zero-order chi connectivity index (χ0) is 23.5. The number of benzene rings is 1. The minimum Gasteiger partial charge on any atom is -0.333 e. The molecule has 2 N–H and O–H groups in total. The number of aryl methyl sites for hydroxylation is 1. The normalized spacial score (nSPS) is 10.9. The third-order valence-electron chi connectivity index (χ3n) is 4.62. The van der Waals surface area contributed by atoms with Crippen LogP contribution in [0.4, 0.5) is 9.93 Å². The van der Waals surface area contributed by atoms with Crippen molar-refractivity contribution in [1.82, 2.24) is 29.4 Å². The largest absolute Gasteiger partial charge is 0.333 e. The van der Waals surface area contributed by atoms with Crippen molar-refractivity contribution < 1.29 is 9.59 Å². The van der Waals surface area contributed by atoms with Gasteiger partial charge in [0.25, 0.3) is 11.5 Å². The molecular weight excluding hydrogens is 486 g/mol. The summed E-state index contributed by atoms with van der Waals surface area (Å²) >= 11 is 8.28. The number of nitrogens with zero attached hydrogens (tertiary/aromatic N) is 5. The second-order valence-corrected chi connectivity index (χ2v) is 9.56. The predicted octanol–water partition coefficient (Wildman–Crippen LogP) is 3.09. The average molecular weight is 504 g/mol. The van der Waals surface area contributed by atoms with Crippen LogP contribution in [0.15, 0.2) is 41.2 Å². The Kier molecular flexibility index (Phi) is 6.67. The van der Waals surface area contributed by atoms with Crippen molar-refractivity contribution in [2.45, 2.75) is 13.1 Å². The summed E-state index contributed by atoms with van der Waals surface area (Å²) < 4.78 is 6.01. The second-order valence-electron chi connectivity index (χ2n) is 7.01. The molecule has 1 aromatic carbocycles. The molecule has 3 amide bonds. The molecule has 3 heterocycles. The van der Waals surface area contributed by atoms with Crippen LogP contribution in [0.25, 0.3) is 10.8 Å². The molecule has 4 aromatic rings. The van der Waals surface area contributed by atoms with Gasteiger partial charge in [0, 0.05) is 35.9 Å². The van der Waals surface area contributed by atoms with Gasteiger partial charge in [-0.2, -0.15) is 9.47 Å². The molecule has 170 valence electrons. The highest BCUT2D eigenvalue weighted by molar-refractivity contribution is 7.16. The Labute approximate surface area is 201 Å². The monoisotopic (exact) mass is 503 g/mol. The SMILES string of the molecule is CN(Cc1nsc(NC(=O)NCc2ccc(Cl)s2)n1)C(=O)c1nn(C)c(=O)c2ccccc12. The predicted molar refractivity (Wildman–Crippen MR) is 128 cm³/mol. The number of halogens is 1. The Balaban J connectivity index is 1.40. The first-order valence-electron chi connectivity index (χ1n) is 9.65. The number of thiophene rings is 1. The molecule has 33 heavy (non-hydrogen) atoms. The van der Waals surface area contributed by atoms with E-state index in [2.05, 4.69) is 25.1 Å². The summed E-state index contributed by atoms with van der Waals surface area (Å²) in [6.07, 6.45) is 0. The zero-order valence-electron chi connectivity index (χ0n) is 17.5. The minimum atomic E-state index is -0.424. The van der Waals surface area contributed by atoms with Crippen LogP contribution in [-0.2, 0) is 20.1 Å². The lowest BCUT2D eigenvalue weighted by molar-refractivity contribution is 0.0776. The molecule has 0 fully saturated rings. The smallest absolute Gasteiger partial charge is 0.321 e. The van der Waals surface area contributed by atoms with Gasteiger partial charge in [-0.3, -0.25) is 14.9 Å². The van der Waals surface area contributed by atoms with Crippen molar-refractivity contribution >= 4 is 62.3 Å². The van der Waals surface area contributed by atoms with Crippen LogP contribution >= 0.6 is 34.5 Å². The van der Waals surface area contributed by atoms with Gasteiger partial charge in [-0.25, -0.2) is 14.5 Å². The van der Waals surface area contributed by atoms with E-state index in [0.29, 0.717) is 32.6 Å². The number of hydrogen-bond acceptors (Lipinski definition) is 8. The van der Waals surface area contributed by atoms with Crippen molar-refractivity contribution in [2.24, 2.45) is 7.05 Å². The van der Waals surface area contributed by atoms with Crippen LogP contribution in [0, 0.1) is 0 Å². The number of rotatable bonds is 6. The zero-order valence-corrected chi connectivity index (χ0v) is 19.9. The Morgan fingerprint density at radius 2 is 1.94 bits per heavy atom. The van der Waals surface area contributed by atoms with E-state index in [1.54, 1.807) is 37.4 Å². The molecule has 0 spiro atoms. The van der Waals surface area contributed by atoms with Crippen molar-refractivity contribution in [3.8, 4) is 0 Å². The fraction of sp³-hybridized carbons (Fsp3) is 0.200. The average Bonchev–Trinajstić information content (AvgIpc) is 3.42. The number of anilines is 1. The summed E-state index contributed by atoms with van der Waals surface area (Å²) in [6, 6.07) is 10.0. The molecule has 0 saturated heterocycles. The molecule has 13 heteroatoms. The molecular formula is C20H18ClN7O3S2. The van der Waals surface area contributed by atoms with E-state index in [4.69, 9.17) is 11.6 Å². The van der Waals surface area contributed by atoms with E-state index in [1.165, 1.54) is 23.3 Å². The van der Waals surface area contributed by atoms with Gasteiger partial charge >= 0.3 is 6.03 Å². The Morgan fingerprint density at radius 1 is 1.18 bits per heavy atom. The van der Waals surface area contributed by atoms with Crippen LogP contribution in [-0.4, -0.2) is 43.0 Å². The van der Waals surface area contributed by atoms with Gasteiger partial charge in [0.15, 0.2) is 11.5 Å². The molecule has 0 aliphatic heterocycles. The molecule has 0 aliphatic carbocycles. The number of carbonyl (C=O) groups excluding carboxylic acids is 2. The van der Waals surface area contributed by atoms with Crippen LogP contribution < -0.4 is 16.2 Å². The van der Waals surface area contributed by atoms with Gasteiger partial charge in [-0.15, -0.1) is 11.3 Å². The fourth-order valence-corrected chi connectivity index (χ4v) is 4.65. The molecule has 0 aliphatic rings. The summed E-state index contributed by atoms with van der Waals surface area (Å²) in [7, 11) is 3.10. The number of hydrogen-bond donors (Lipinski definition) is 2. The van der Waals surface area contributed by atoms with E-state index in [1.807, 2.05) is 6.07 Å². The highest BCUT2D eigenvalue weighted by atomic mass is 35.5. The van der Waals surface area contributed by atoms with E-state index in [0.717, 1.165) is 21.1 Å². The quantitative estimate of drug-likeness (QED) is 0.417. The first kappa shape index (κ1) is 22.8. The Hall–Kier alpha value is -3.35. The second kappa shape index (κ2) is 9.65. The minimum absolute atomic E-state index is 0.102. The van der Waals surface area contributed by atoms with Gasteiger partial charge < -0.3 is 10.2 Å². The Bertz CT molecular complexity index is 1400. The number of fused-ring (bicyclic) bond motifs is 1. The number of urea groups is 1. The maximum atomic E-state index is 13.0. The van der Waals surface area contributed by atoms with Crippen molar-refractivity contribution in [3.63, 3.8) is 0 Å². The number of nitrogens with one attached hydrogen (secondary N) is 2. The van der Waals surface area contributed by atoms with Crippen LogP contribution in [0.1, 0.15) is 21.2 Å². The lowest BCUT2D eigenvalue weighted by Crippen LogP contribution is -2.31. The summed E-state index contributed by atoms with van der Waals surface area (Å²) in [4.78, 5) is 44.0. The third kappa shape index (κ3) is 5.18. The first-order valence-corrected chi connectivity index (χ1v) is 11.6. The highest BCUT2D eigenvalue weighted by Gasteiger charge is 2.20. The molecule has 0 bridgehead atoms. The maximum Gasteiger partial charge on any atom is 0.321 e. The molecule has 3 aromatic heterocycles. The maximum absolute atomic E-state index is 13.0. The molecule has 0 saturated carbocycles. The van der Waals surface area contributed by atoms with Crippen molar-refractivity contribution in [3.05, 3.63) is 67.5 Å². The first-order chi connectivity index (χ1) is 15.8. The Morgan fingerprint density at radius 3 is 2.67 bits per heavy atom.